The van der Waals surface area contributed by atoms with Crippen LogP contribution < -0.4 is 10.2 Å². The molecule has 0 aliphatic carbocycles. The number of aliphatic hydroxyl groups is 1. The van der Waals surface area contributed by atoms with Gasteiger partial charge < -0.3 is 15.3 Å². The monoisotopic (exact) mass is 340 g/mol. The molecule has 0 amide bonds. The summed E-state index contributed by atoms with van der Waals surface area (Å²) in [6.45, 7) is 9.85. The number of nitrogens with zero attached hydrogens (tertiary/aromatic N) is 3. The molecule has 1 aliphatic heterocycles. The molecular formula is C20H28N4O. The molecule has 0 radical (unpaired) electrons. The van der Waals surface area contributed by atoms with Crippen molar-refractivity contribution in [3.63, 3.8) is 0 Å². The second kappa shape index (κ2) is 7.40. The zero-order valence-corrected chi connectivity index (χ0v) is 15.6. The Morgan fingerprint density at radius 1 is 1.20 bits per heavy atom. The first-order valence-corrected chi connectivity index (χ1v) is 9.13. The fourth-order valence-electron chi connectivity index (χ4n) is 3.17. The van der Waals surface area contributed by atoms with E-state index in [1.165, 1.54) is 11.1 Å². The van der Waals surface area contributed by atoms with Crippen LogP contribution in [-0.4, -0.2) is 27.7 Å². The van der Waals surface area contributed by atoms with E-state index in [0.29, 0.717) is 6.04 Å². The van der Waals surface area contributed by atoms with Crippen molar-refractivity contribution in [1.29, 1.82) is 0 Å². The molecule has 5 nitrogen and oxygen atoms in total. The van der Waals surface area contributed by atoms with Crippen LogP contribution in [0.15, 0.2) is 24.3 Å². The van der Waals surface area contributed by atoms with Crippen molar-refractivity contribution in [2.45, 2.75) is 59.2 Å². The average Bonchev–Trinajstić information content (AvgIpc) is 2.60. The molecule has 0 unspecified atom stereocenters. The van der Waals surface area contributed by atoms with Crippen molar-refractivity contribution < 1.29 is 5.11 Å². The Bertz CT molecular complexity index is 744. The van der Waals surface area contributed by atoms with Gasteiger partial charge in [0, 0.05) is 25.2 Å². The molecule has 0 saturated heterocycles. The second-order valence-corrected chi connectivity index (χ2v) is 6.99. The number of aryl methyl sites for hydroxylation is 1. The van der Waals surface area contributed by atoms with Crippen LogP contribution in [0.25, 0.3) is 0 Å². The molecule has 0 fully saturated rings. The summed E-state index contributed by atoms with van der Waals surface area (Å²) in [5.41, 5.74) is 3.63. The number of nitrogens with one attached hydrogen (secondary N) is 1. The van der Waals surface area contributed by atoms with Crippen LogP contribution >= 0.6 is 0 Å². The van der Waals surface area contributed by atoms with Gasteiger partial charge in [0.15, 0.2) is 0 Å². The average molecular weight is 340 g/mol. The lowest BCUT2D eigenvalue weighted by Crippen LogP contribution is -2.31. The van der Waals surface area contributed by atoms with Crippen molar-refractivity contribution in [2.24, 2.45) is 0 Å². The minimum absolute atomic E-state index is 0.392. The first kappa shape index (κ1) is 17.7. The lowest BCUT2D eigenvalue weighted by Gasteiger charge is -2.30. The minimum atomic E-state index is -0.415. The summed E-state index contributed by atoms with van der Waals surface area (Å²) in [5, 5.41) is 13.2. The molecule has 134 valence electrons. The predicted molar refractivity (Wildman–Crippen MR) is 102 cm³/mol. The summed E-state index contributed by atoms with van der Waals surface area (Å²) in [6.07, 6.45) is 1.61. The van der Waals surface area contributed by atoms with Gasteiger partial charge in [-0.25, -0.2) is 9.97 Å². The van der Waals surface area contributed by atoms with E-state index < -0.39 is 6.10 Å². The molecule has 1 aliphatic rings. The van der Waals surface area contributed by atoms with E-state index in [1.807, 2.05) is 26.0 Å². The van der Waals surface area contributed by atoms with E-state index in [0.717, 1.165) is 49.0 Å². The van der Waals surface area contributed by atoms with Gasteiger partial charge in [0.1, 0.15) is 17.5 Å². The molecule has 5 heteroatoms. The third-order valence-electron chi connectivity index (χ3n) is 4.88. The molecule has 1 aromatic heterocycles. The summed E-state index contributed by atoms with van der Waals surface area (Å²) in [6, 6.07) is 8.74. The standard InChI is InChI=1S/C20H28N4O/c1-5-13(2)21-19-11-20(23-15(4)22-19)24-9-8-17-10-16(14(3)25)6-7-18(17)12-24/h6-7,10-11,13-14,25H,5,8-9,12H2,1-4H3,(H,21,22,23)/t13-,14+/m1/s1. The SMILES string of the molecule is CC[C@@H](C)Nc1cc(N2CCc3cc([C@H](C)O)ccc3C2)nc(C)n1. The fraction of sp³-hybridized carbons (Fsp3) is 0.500. The maximum atomic E-state index is 9.77. The van der Waals surface area contributed by atoms with Gasteiger partial charge in [0.25, 0.3) is 0 Å². The molecule has 3 rings (SSSR count). The van der Waals surface area contributed by atoms with E-state index >= 15 is 0 Å². The zero-order chi connectivity index (χ0) is 18.0. The summed E-state index contributed by atoms with van der Waals surface area (Å²) < 4.78 is 0. The van der Waals surface area contributed by atoms with Gasteiger partial charge in [-0.3, -0.25) is 0 Å². The summed E-state index contributed by atoms with van der Waals surface area (Å²) in [7, 11) is 0. The Labute approximate surface area is 150 Å². The van der Waals surface area contributed by atoms with Crippen molar-refractivity contribution in [3.05, 3.63) is 46.8 Å². The van der Waals surface area contributed by atoms with Crippen molar-refractivity contribution in [3.8, 4) is 0 Å². The zero-order valence-electron chi connectivity index (χ0n) is 15.6. The third kappa shape index (κ3) is 4.10. The number of aliphatic hydroxyl groups excluding tert-OH is 1. The van der Waals surface area contributed by atoms with Crippen LogP contribution in [0.2, 0.25) is 0 Å². The Kier molecular flexibility index (Phi) is 5.23. The number of anilines is 2. The Balaban J connectivity index is 1.81. The van der Waals surface area contributed by atoms with Gasteiger partial charge in [-0.2, -0.15) is 0 Å². The minimum Gasteiger partial charge on any atom is -0.389 e. The number of fused-ring (bicyclic) bond motifs is 1. The predicted octanol–water partition coefficient (Wildman–Crippen LogP) is 3.61. The summed E-state index contributed by atoms with van der Waals surface area (Å²) >= 11 is 0. The van der Waals surface area contributed by atoms with Crippen LogP contribution in [0.4, 0.5) is 11.6 Å². The van der Waals surface area contributed by atoms with Gasteiger partial charge in [-0.15, -0.1) is 0 Å². The van der Waals surface area contributed by atoms with Crippen molar-refractivity contribution in [1.82, 2.24) is 9.97 Å². The highest BCUT2D eigenvalue weighted by atomic mass is 16.3. The van der Waals surface area contributed by atoms with Gasteiger partial charge in [-0.05, 0) is 50.3 Å². The highest BCUT2D eigenvalue weighted by Gasteiger charge is 2.19. The first-order valence-electron chi connectivity index (χ1n) is 9.13. The molecule has 2 heterocycles. The largest absolute Gasteiger partial charge is 0.389 e. The number of rotatable bonds is 5. The number of aromatic nitrogens is 2. The summed E-state index contributed by atoms with van der Waals surface area (Å²) in [4.78, 5) is 11.5. The summed E-state index contributed by atoms with van der Waals surface area (Å²) in [5.74, 6) is 2.66. The Morgan fingerprint density at radius 3 is 2.72 bits per heavy atom. The van der Waals surface area contributed by atoms with Gasteiger partial charge in [-0.1, -0.05) is 25.1 Å². The molecule has 0 spiro atoms. The Hall–Kier alpha value is -2.14. The molecule has 25 heavy (non-hydrogen) atoms. The number of hydrogen-bond donors (Lipinski definition) is 2. The maximum Gasteiger partial charge on any atom is 0.134 e. The van der Waals surface area contributed by atoms with E-state index in [2.05, 4.69) is 46.2 Å². The quantitative estimate of drug-likeness (QED) is 0.871. The van der Waals surface area contributed by atoms with Crippen molar-refractivity contribution in [2.75, 3.05) is 16.8 Å². The number of benzene rings is 1. The molecule has 0 saturated carbocycles. The van der Waals surface area contributed by atoms with Gasteiger partial charge in [0.2, 0.25) is 0 Å². The van der Waals surface area contributed by atoms with Crippen LogP contribution in [-0.2, 0) is 13.0 Å². The maximum absolute atomic E-state index is 9.77. The second-order valence-electron chi connectivity index (χ2n) is 6.99. The topological polar surface area (TPSA) is 61.3 Å². The Morgan fingerprint density at radius 2 is 2.00 bits per heavy atom. The fourth-order valence-corrected chi connectivity index (χ4v) is 3.17. The first-order chi connectivity index (χ1) is 12.0. The molecular weight excluding hydrogens is 312 g/mol. The van der Waals surface area contributed by atoms with Crippen LogP contribution in [0.3, 0.4) is 0 Å². The van der Waals surface area contributed by atoms with E-state index in [9.17, 15) is 5.11 Å². The smallest absolute Gasteiger partial charge is 0.134 e. The van der Waals surface area contributed by atoms with E-state index in [-0.39, 0.29) is 0 Å². The van der Waals surface area contributed by atoms with Crippen molar-refractivity contribution >= 4 is 11.6 Å². The highest BCUT2D eigenvalue weighted by Crippen LogP contribution is 2.27. The van der Waals surface area contributed by atoms with E-state index in [1.54, 1.807) is 0 Å². The molecule has 0 bridgehead atoms. The van der Waals surface area contributed by atoms with Crippen LogP contribution in [0.5, 0.6) is 0 Å². The molecule has 2 N–H and O–H groups in total. The third-order valence-corrected chi connectivity index (χ3v) is 4.88. The lowest BCUT2D eigenvalue weighted by atomic mass is 9.96. The molecule has 2 aromatic rings. The van der Waals surface area contributed by atoms with Crippen LogP contribution in [0.1, 0.15) is 55.8 Å². The van der Waals surface area contributed by atoms with Gasteiger partial charge in [0.05, 0.1) is 6.10 Å². The number of hydrogen-bond acceptors (Lipinski definition) is 5. The highest BCUT2D eigenvalue weighted by molar-refractivity contribution is 5.52. The molecule has 2 atom stereocenters. The van der Waals surface area contributed by atoms with Crippen LogP contribution in [0, 0.1) is 6.92 Å². The van der Waals surface area contributed by atoms with Gasteiger partial charge >= 0.3 is 0 Å². The molecule has 1 aromatic carbocycles. The normalized spacial score (nSPS) is 16.3. The van der Waals surface area contributed by atoms with E-state index in [4.69, 9.17) is 0 Å². The lowest BCUT2D eigenvalue weighted by molar-refractivity contribution is 0.199.